The fourth-order valence-corrected chi connectivity index (χ4v) is 3.39. The van der Waals surface area contributed by atoms with Gasteiger partial charge in [0.1, 0.15) is 17.5 Å². The Bertz CT molecular complexity index is 847. The van der Waals surface area contributed by atoms with Gasteiger partial charge in [-0.05, 0) is 39.0 Å². The zero-order chi connectivity index (χ0) is 21.2. The molecule has 0 aliphatic carbocycles. The SMILES string of the molecule is CN1CCC(N=CC(=CN)c2cc(C(F)(F)F)c(C#N)c(N3CC(O)C3)n2)CC1. The largest absolute Gasteiger partial charge is 0.417 e. The van der Waals surface area contributed by atoms with Gasteiger partial charge in [0.15, 0.2) is 0 Å². The molecule has 10 heteroatoms. The number of hydrogen-bond donors (Lipinski definition) is 2. The van der Waals surface area contributed by atoms with E-state index >= 15 is 0 Å². The molecule has 0 unspecified atom stereocenters. The molecule has 2 aliphatic heterocycles. The maximum Gasteiger partial charge on any atom is 0.417 e. The summed E-state index contributed by atoms with van der Waals surface area (Å²) in [6.45, 7) is 2.04. The third kappa shape index (κ3) is 4.68. The van der Waals surface area contributed by atoms with E-state index in [4.69, 9.17) is 5.73 Å². The van der Waals surface area contributed by atoms with Crippen molar-refractivity contribution >= 4 is 17.6 Å². The second-order valence-electron chi connectivity index (χ2n) is 7.36. The number of nitriles is 1. The topological polar surface area (TPSA) is 102 Å². The summed E-state index contributed by atoms with van der Waals surface area (Å²) < 4.78 is 40.8. The molecule has 2 fully saturated rings. The highest BCUT2D eigenvalue weighted by atomic mass is 19.4. The molecule has 0 amide bonds. The summed E-state index contributed by atoms with van der Waals surface area (Å²) in [6.07, 6.45) is -1.05. The first-order chi connectivity index (χ1) is 13.7. The smallest absolute Gasteiger partial charge is 0.404 e. The average molecular weight is 408 g/mol. The number of aromatic nitrogens is 1. The number of pyridine rings is 1. The van der Waals surface area contributed by atoms with Gasteiger partial charge < -0.3 is 20.6 Å². The number of β-amino-alcohol motifs (C(OH)–C–C–N with tert-alkyl or cyclic N) is 1. The van der Waals surface area contributed by atoms with E-state index in [0.29, 0.717) is 0 Å². The molecule has 1 aromatic heterocycles. The van der Waals surface area contributed by atoms with Gasteiger partial charge in [0.25, 0.3) is 0 Å². The highest BCUT2D eigenvalue weighted by Gasteiger charge is 2.38. The summed E-state index contributed by atoms with van der Waals surface area (Å²) in [5.74, 6) is -0.102. The number of nitrogens with zero attached hydrogens (tertiary/aromatic N) is 5. The van der Waals surface area contributed by atoms with Crippen LogP contribution >= 0.6 is 0 Å². The minimum absolute atomic E-state index is 0.00751. The lowest BCUT2D eigenvalue weighted by Gasteiger charge is -2.37. The van der Waals surface area contributed by atoms with Crippen LogP contribution in [0.5, 0.6) is 0 Å². The van der Waals surface area contributed by atoms with Crippen LogP contribution in [0.2, 0.25) is 0 Å². The molecule has 0 aromatic carbocycles. The fourth-order valence-electron chi connectivity index (χ4n) is 3.39. The predicted molar refractivity (Wildman–Crippen MR) is 103 cm³/mol. The van der Waals surface area contributed by atoms with Crippen LogP contribution in [0.4, 0.5) is 19.0 Å². The van der Waals surface area contributed by atoms with Crippen molar-refractivity contribution in [3.8, 4) is 6.07 Å². The van der Waals surface area contributed by atoms with E-state index in [2.05, 4.69) is 14.9 Å². The number of aliphatic hydroxyl groups is 1. The van der Waals surface area contributed by atoms with Crippen LogP contribution in [-0.2, 0) is 6.18 Å². The molecule has 3 N–H and O–H groups in total. The number of aliphatic hydroxyl groups excluding tert-OH is 1. The Kier molecular flexibility index (Phi) is 6.10. The standard InChI is InChI=1S/C19H23F3N6O/c1-27-4-2-13(3-5-27)25-9-12(7-23)17-6-16(19(20,21)22)15(8-24)18(26-17)28-10-14(29)11-28/h6-7,9,13-14,29H,2-5,10-11,23H2,1H3. The number of allylic oxidation sites excluding steroid dienone is 1. The molecule has 29 heavy (non-hydrogen) atoms. The lowest BCUT2D eigenvalue weighted by molar-refractivity contribution is -0.137. The van der Waals surface area contributed by atoms with Crippen molar-refractivity contribution in [3.63, 3.8) is 0 Å². The molecule has 0 bridgehead atoms. The quantitative estimate of drug-likeness (QED) is 0.734. The van der Waals surface area contributed by atoms with Crippen LogP contribution in [0.15, 0.2) is 17.3 Å². The first kappa shape index (κ1) is 21.1. The first-order valence-electron chi connectivity index (χ1n) is 9.32. The Balaban J connectivity index is 1.96. The number of halogens is 3. The molecule has 0 atom stereocenters. The molecule has 2 aliphatic rings. The van der Waals surface area contributed by atoms with Gasteiger partial charge >= 0.3 is 6.18 Å². The second kappa shape index (κ2) is 8.39. The highest BCUT2D eigenvalue weighted by molar-refractivity contribution is 6.09. The van der Waals surface area contributed by atoms with Crippen LogP contribution in [0.25, 0.3) is 5.57 Å². The molecule has 2 saturated heterocycles. The fraction of sp³-hybridized carbons (Fsp3) is 0.526. The monoisotopic (exact) mass is 408 g/mol. The summed E-state index contributed by atoms with van der Waals surface area (Å²) in [7, 11) is 2.03. The molecule has 0 spiro atoms. The minimum Gasteiger partial charge on any atom is -0.404 e. The van der Waals surface area contributed by atoms with Gasteiger partial charge in [0, 0.05) is 31.1 Å². The van der Waals surface area contributed by atoms with E-state index in [0.717, 1.165) is 32.0 Å². The van der Waals surface area contributed by atoms with Crippen LogP contribution in [0.3, 0.4) is 0 Å². The van der Waals surface area contributed by atoms with Crippen LogP contribution in [0, 0.1) is 11.3 Å². The summed E-state index contributed by atoms with van der Waals surface area (Å²) in [6, 6.07) is 2.52. The van der Waals surface area contributed by atoms with Gasteiger partial charge in [-0.3, -0.25) is 4.99 Å². The van der Waals surface area contributed by atoms with Gasteiger partial charge in [0.05, 0.1) is 23.4 Å². The number of piperidine rings is 1. The van der Waals surface area contributed by atoms with Crippen molar-refractivity contribution in [2.45, 2.75) is 31.2 Å². The molecular weight excluding hydrogens is 385 g/mol. The Morgan fingerprint density at radius 3 is 2.55 bits per heavy atom. The van der Waals surface area contributed by atoms with Crippen molar-refractivity contribution in [2.24, 2.45) is 10.7 Å². The van der Waals surface area contributed by atoms with Gasteiger partial charge in [-0.1, -0.05) is 0 Å². The normalized spacial score (nSPS) is 20.1. The van der Waals surface area contributed by atoms with Crippen LogP contribution in [0.1, 0.15) is 29.7 Å². The lowest BCUT2D eigenvalue weighted by atomic mass is 10.0. The van der Waals surface area contributed by atoms with Gasteiger partial charge in [-0.2, -0.15) is 18.4 Å². The van der Waals surface area contributed by atoms with Crippen molar-refractivity contribution in [2.75, 3.05) is 38.1 Å². The van der Waals surface area contributed by atoms with Gasteiger partial charge in [-0.15, -0.1) is 0 Å². The zero-order valence-corrected chi connectivity index (χ0v) is 16.0. The Hall–Kier alpha value is -2.64. The molecule has 3 heterocycles. The van der Waals surface area contributed by atoms with Crippen molar-refractivity contribution in [3.05, 3.63) is 29.1 Å². The van der Waals surface area contributed by atoms with E-state index in [-0.39, 0.29) is 36.2 Å². The number of hydrogen-bond acceptors (Lipinski definition) is 7. The first-order valence-corrected chi connectivity index (χ1v) is 9.32. The van der Waals surface area contributed by atoms with Crippen molar-refractivity contribution in [1.82, 2.24) is 9.88 Å². The molecule has 156 valence electrons. The molecule has 0 saturated carbocycles. The molecule has 7 nitrogen and oxygen atoms in total. The molecule has 3 rings (SSSR count). The van der Waals surface area contributed by atoms with E-state index in [1.165, 1.54) is 17.3 Å². The van der Waals surface area contributed by atoms with Crippen LogP contribution in [-0.4, -0.2) is 66.6 Å². The van der Waals surface area contributed by atoms with Crippen LogP contribution < -0.4 is 10.6 Å². The maximum atomic E-state index is 13.6. The number of aliphatic imine (C=N–C) groups is 1. The summed E-state index contributed by atoms with van der Waals surface area (Å²) in [5, 5.41) is 18.8. The number of anilines is 1. The van der Waals surface area contributed by atoms with Gasteiger partial charge in [-0.25, -0.2) is 4.98 Å². The Morgan fingerprint density at radius 1 is 1.38 bits per heavy atom. The average Bonchev–Trinajstić information content (AvgIpc) is 2.66. The second-order valence-corrected chi connectivity index (χ2v) is 7.36. The summed E-state index contributed by atoms with van der Waals surface area (Å²) in [5.41, 5.74) is 4.28. The van der Waals surface area contributed by atoms with Gasteiger partial charge in [0.2, 0.25) is 0 Å². The Morgan fingerprint density at radius 2 is 2.03 bits per heavy atom. The zero-order valence-electron chi connectivity index (χ0n) is 16.0. The molecule has 0 radical (unpaired) electrons. The number of alkyl halides is 3. The summed E-state index contributed by atoms with van der Waals surface area (Å²) in [4.78, 5) is 12.4. The number of likely N-dealkylation sites (tertiary alicyclic amines) is 1. The third-order valence-electron chi connectivity index (χ3n) is 5.17. The predicted octanol–water partition coefficient (Wildman–Crippen LogP) is 1.62. The highest BCUT2D eigenvalue weighted by Crippen LogP contribution is 2.37. The Labute approximate surface area is 166 Å². The van der Waals surface area contributed by atoms with E-state index in [1.807, 2.05) is 7.05 Å². The van der Waals surface area contributed by atoms with E-state index in [9.17, 15) is 23.5 Å². The number of nitrogens with two attached hydrogens (primary N) is 1. The molecule has 1 aromatic rings. The number of rotatable bonds is 4. The lowest BCUT2D eigenvalue weighted by Crippen LogP contribution is -2.51. The third-order valence-corrected chi connectivity index (χ3v) is 5.17. The minimum atomic E-state index is -4.73. The summed E-state index contributed by atoms with van der Waals surface area (Å²) >= 11 is 0. The molecular formula is C19H23F3N6O. The van der Waals surface area contributed by atoms with Crippen molar-refractivity contribution < 1.29 is 18.3 Å². The van der Waals surface area contributed by atoms with Crippen molar-refractivity contribution in [1.29, 1.82) is 5.26 Å². The van der Waals surface area contributed by atoms with E-state index < -0.39 is 23.4 Å². The van der Waals surface area contributed by atoms with E-state index in [1.54, 1.807) is 6.07 Å². The maximum absolute atomic E-state index is 13.6.